The molecular weight excluding hydrogens is 266 g/mol. The summed E-state index contributed by atoms with van der Waals surface area (Å²) in [4.78, 5) is 35.8. The fraction of sp³-hybridized carbons (Fsp3) is 0.750. The molecule has 8 heteroatoms. The van der Waals surface area contributed by atoms with Crippen molar-refractivity contribution in [2.75, 3.05) is 13.1 Å². The van der Waals surface area contributed by atoms with Crippen LogP contribution in [-0.2, 0) is 14.4 Å². The lowest BCUT2D eigenvalue weighted by Crippen LogP contribution is -2.53. The van der Waals surface area contributed by atoms with Crippen LogP contribution in [0.1, 0.15) is 20.8 Å². The maximum absolute atomic E-state index is 12.0. The summed E-state index contributed by atoms with van der Waals surface area (Å²) in [5.41, 5.74) is 0. The van der Waals surface area contributed by atoms with Gasteiger partial charge in [0.1, 0.15) is 12.1 Å². The molecule has 1 heterocycles. The van der Waals surface area contributed by atoms with Crippen LogP contribution >= 0.6 is 0 Å². The van der Waals surface area contributed by atoms with Gasteiger partial charge in [-0.15, -0.1) is 0 Å². The number of hydrogen-bond donors (Lipinski definition) is 4. The smallest absolute Gasteiger partial charge is 0.245 e. The number of β-amino-alcohol motifs (C(OH)–C–C–N with tert-alkyl or cyclic N) is 1. The standard InChI is InChI=1S/C12H21N3O5/c1-6(2)14-12(20)10-11(19)8(17)5-15(10)9(18)4-13-7(3)16/h6,8,10-11,17,19H,4-5H2,1-3H3,(H,13,16)(H,14,20)/t8-,10-,11-/m0/s1. The Bertz CT molecular complexity index is 399. The van der Waals surface area contributed by atoms with E-state index < -0.39 is 30.1 Å². The van der Waals surface area contributed by atoms with Gasteiger partial charge in [-0.1, -0.05) is 0 Å². The number of rotatable bonds is 4. The lowest BCUT2D eigenvalue weighted by molar-refractivity contribution is -0.140. The van der Waals surface area contributed by atoms with Crippen LogP contribution in [-0.4, -0.2) is 70.2 Å². The molecule has 4 N–H and O–H groups in total. The van der Waals surface area contributed by atoms with E-state index in [4.69, 9.17) is 0 Å². The average molecular weight is 287 g/mol. The normalized spacial score (nSPS) is 25.7. The van der Waals surface area contributed by atoms with Gasteiger partial charge in [-0.2, -0.15) is 0 Å². The highest BCUT2D eigenvalue weighted by Gasteiger charge is 2.46. The summed E-state index contributed by atoms with van der Waals surface area (Å²) < 4.78 is 0. The second-order valence-electron chi connectivity index (χ2n) is 5.12. The first-order valence-electron chi connectivity index (χ1n) is 6.44. The molecule has 3 amide bonds. The first-order valence-corrected chi connectivity index (χ1v) is 6.44. The van der Waals surface area contributed by atoms with Gasteiger partial charge in [-0.05, 0) is 13.8 Å². The predicted molar refractivity (Wildman–Crippen MR) is 69.5 cm³/mol. The van der Waals surface area contributed by atoms with Crippen molar-refractivity contribution in [2.24, 2.45) is 0 Å². The predicted octanol–water partition coefficient (Wildman–Crippen LogP) is -2.42. The second kappa shape index (κ2) is 6.67. The summed E-state index contributed by atoms with van der Waals surface area (Å²) >= 11 is 0. The molecule has 1 fully saturated rings. The molecule has 0 saturated carbocycles. The van der Waals surface area contributed by atoms with Crippen LogP contribution in [0.15, 0.2) is 0 Å². The summed E-state index contributed by atoms with van der Waals surface area (Å²) in [7, 11) is 0. The number of nitrogens with zero attached hydrogens (tertiary/aromatic N) is 1. The third-order valence-corrected chi connectivity index (χ3v) is 2.95. The van der Waals surface area contributed by atoms with Crippen molar-refractivity contribution in [3.8, 4) is 0 Å². The molecule has 1 aliphatic heterocycles. The summed E-state index contributed by atoms with van der Waals surface area (Å²) in [5, 5.41) is 24.4. The maximum Gasteiger partial charge on any atom is 0.245 e. The number of carbonyl (C=O) groups is 3. The molecule has 20 heavy (non-hydrogen) atoms. The first kappa shape index (κ1) is 16.4. The molecule has 8 nitrogen and oxygen atoms in total. The molecule has 0 unspecified atom stereocenters. The highest BCUT2D eigenvalue weighted by atomic mass is 16.3. The third kappa shape index (κ3) is 3.91. The SMILES string of the molecule is CC(=O)NCC(=O)N1C[C@H](O)[C@H](O)[C@H]1C(=O)NC(C)C. The van der Waals surface area contributed by atoms with Crippen molar-refractivity contribution in [2.45, 2.75) is 45.1 Å². The van der Waals surface area contributed by atoms with Gasteiger partial charge in [-0.3, -0.25) is 14.4 Å². The Kier molecular flexibility index (Phi) is 5.46. The molecule has 1 aliphatic rings. The number of carbonyl (C=O) groups excluding carboxylic acids is 3. The lowest BCUT2D eigenvalue weighted by Gasteiger charge is -2.26. The zero-order valence-corrected chi connectivity index (χ0v) is 11.8. The van der Waals surface area contributed by atoms with Crippen molar-refractivity contribution in [1.82, 2.24) is 15.5 Å². The third-order valence-electron chi connectivity index (χ3n) is 2.95. The second-order valence-corrected chi connectivity index (χ2v) is 5.12. The van der Waals surface area contributed by atoms with Gasteiger partial charge in [0, 0.05) is 13.0 Å². The maximum atomic E-state index is 12.0. The van der Waals surface area contributed by atoms with E-state index in [0.717, 1.165) is 4.90 Å². The van der Waals surface area contributed by atoms with Crippen molar-refractivity contribution >= 4 is 17.7 Å². The van der Waals surface area contributed by atoms with Gasteiger partial charge in [0.05, 0.1) is 19.2 Å². The highest BCUT2D eigenvalue weighted by Crippen LogP contribution is 2.19. The molecule has 0 radical (unpaired) electrons. The fourth-order valence-electron chi connectivity index (χ4n) is 2.04. The van der Waals surface area contributed by atoms with E-state index in [0.29, 0.717) is 0 Å². The van der Waals surface area contributed by atoms with E-state index in [1.54, 1.807) is 13.8 Å². The molecule has 1 saturated heterocycles. The van der Waals surface area contributed by atoms with E-state index in [-0.39, 0.29) is 25.0 Å². The monoisotopic (exact) mass is 287 g/mol. The number of amides is 3. The topological polar surface area (TPSA) is 119 Å². The van der Waals surface area contributed by atoms with Crippen LogP contribution < -0.4 is 10.6 Å². The Labute approximate surface area is 117 Å². The zero-order chi connectivity index (χ0) is 15.4. The van der Waals surface area contributed by atoms with E-state index in [1.165, 1.54) is 6.92 Å². The van der Waals surface area contributed by atoms with Crippen LogP contribution in [0.5, 0.6) is 0 Å². The van der Waals surface area contributed by atoms with Gasteiger partial charge >= 0.3 is 0 Å². The first-order chi connectivity index (χ1) is 9.23. The molecule has 0 aromatic rings. The van der Waals surface area contributed by atoms with Crippen LogP contribution in [0.4, 0.5) is 0 Å². The fourth-order valence-corrected chi connectivity index (χ4v) is 2.04. The Morgan fingerprint density at radius 3 is 2.40 bits per heavy atom. The van der Waals surface area contributed by atoms with Gasteiger partial charge in [0.2, 0.25) is 17.7 Å². The van der Waals surface area contributed by atoms with Crippen molar-refractivity contribution < 1.29 is 24.6 Å². The number of hydrogen-bond acceptors (Lipinski definition) is 5. The van der Waals surface area contributed by atoms with Gasteiger partial charge in [0.15, 0.2) is 0 Å². The zero-order valence-electron chi connectivity index (χ0n) is 11.8. The van der Waals surface area contributed by atoms with Crippen LogP contribution in [0.25, 0.3) is 0 Å². The Morgan fingerprint density at radius 1 is 1.30 bits per heavy atom. The number of likely N-dealkylation sites (tertiary alicyclic amines) is 1. The summed E-state index contributed by atoms with van der Waals surface area (Å²) in [6.07, 6.45) is -2.52. The Hall–Kier alpha value is -1.67. The lowest BCUT2D eigenvalue weighted by atomic mass is 10.1. The van der Waals surface area contributed by atoms with Crippen molar-refractivity contribution in [3.05, 3.63) is 0 Å². The quantitative estimate of drug-likeness (QED) is 0.459. The molecule has 0 spiro atoms. The van der Waals surface area contributed by atoms with E-state index in [1.807, 2.05) is 0 Å². The molecule has 0 bridgehead atoms. The summed E-state index contributed by atoms with van der Waals surface area (Å²) in [6.45, 7) is 4.35. The van der Waals surface area contributed by atoms with Crippen LogP contribution in [0.2, 0.25) is 0 Å². The minimum Gasteiger partial charge on any atom is -0.388 e. The average Bonchev–Trinajstić information content (AvgIpc) is 2.62. The van der Waals surface area contributed by atoms with E-state index in [2.05, 4.69) is 10.6 Å². The largest absolute Gasteiger partial charge is 0.388 e. The van der Waals surface area contributed by atoms with Crippen molar-refractivity contribution in [3.63, 3.8) is 0 Å². The molecule has 0 aliphatic carbocycles. The van der Waals surface area contributed by atoms with Gasteiger partial charge in [-0.25, -0.2) is 0 Å². The molecule has 114 valence electrons. The van der Waals surface area contributed by atoms with E-state index in [9.17, 15) is 24.6 Å². The molecule has 0 aromatic carbocycles. The van der Waals surface area contributed by atoms with E-state index >= 15 is 0 Å². The number of aliphatic hydroxyl groups is 2. The van der Waals surface area contributed by atoms with Gasteiger partial charge < -0.3 is 25.7 Å². The van der Waals surface area contributed by atoms with Crippen molar-refractivity contribution in [1.29, 1.82) is 0 Å². The highest BCUT2D eigenvalue weighted by molar-refractivity contribution is 5.91. The summed E-state index contributed by atoms with van der Waals surface area (Å²) in [6, 6.07) is -1.30. The van der Waals surface area contributed by atoms with Crippen LogP contribution in [0, 0.1) is 0 Å². The minimum atomic E-state index is -1.34. The molecule has 0 aromatic heterocycles. The summed E-state index contributed by atoms with van der Waals surface area (Å²) in [5.74, 6) is -1.43. The van der Waals surface area contributed by atoms with Gasteiger partial charge in [0.25, 0.3) is 0 Å². The minimum absolute atomic E-state index is 0.143. The Balaban J connectivity index is 2.78. The molecule has 3 atom stereocenters. The Morgan fingerprint density at radius 2 is 1.90 bits per heavy atom. The van der Waals surface area contributed by atoms with Crippen LogP contribution in [0.3, 0.4) is 0 Å². The number of aliphatic hydroxyl groups excluding tert-OH is 2. The molecule has 1 rings (SSSR count). The number of nitrogens with one attached hydrogen (secondary N) is 2. The molecular formula is C12H21N3O5.